The highest BCUT2D eigenvalue weighted by Gasteiger charge is 2.27. The van der Waals surface area contributed by atoms with Crippen LogP contribution in [-0.2, 0) is 9.47 Å². The van der Waals surface area contributed by atoms with Crippen molar-refractivity contribution < 1.29 is 38.3 Å². The Morgan fingerprint density at radius 1 is 1.44 bits per heavy atom. The summed E-state index contributed by atoms with van der Waals surface area (Å²) in [7, 11) is 0. The Balaban J connectivity index is 7.57. The van der Waals surface area contributed by atoms with E-state index in [9.17, 15) is 9.59 Å². The second-order valence-electron chi connectivity index (χ2n) is 3.31. The van der Waals surface area contributed by atoms with Gasteiger partial charge in [0.05, 0.1) is 5.48 Å². The molecule has 0 heterocycles. The van der Waals surface area contributed by atoms with Gasteiger partial charge in [-0.05, 0) is 20.2 Å². The molecule has 0 aliphatic carbocycles. The highest BCUT2D eigenvalue weighted by atomic mass is 16.6. The average Bonchev–Trinajstić information content (AvgIpc) is 2.39. The lowest BCUT2D eigenvalue weighted by Crippen LogP contribution is -2.37. The van der Waals surface area contributed by atoms with Crippen LogP contribution in [0.2, 0.25) is 0 Å². The lowest BCUT2D eigenvalue weighted by molar-refractivity contribution is 0.0333. The van der Waals surface area contributed by atoms with Crippen molar-refractivity contribution in [1.29, 1.82) is 0 Å². The van der Waals surface area contributed by atoms with Crippen molar-refractivity contribution in [2.24, 2.45) is 11.1 Å². The number of hydrogen-bond acceptors (Lipinski definition) is 4. The molecule has 0 aliphatic heterocycles. The van der Waals surface area contributed by atoms with Gasteiger partial charge in [0.15, 0.2) is 0 Å². The number of rotatable bonds is 7. The Morgan fingerprint density at radius 3 is 2.61 bits per heavy atom. The zero-order chi connectivity index (χ0) is 26.4. The van der Waals surface area contributed by atoms with Crippen LogP contribution >= 0.6 is 0 Å². The van der Waals surface area contributed by atoms with E-state index in [1.165, 1.54) is 13.8 Å². The Bertz CT molecular complexity index is 717. The van der Waals surface area contributed by atoms with Crippen LogP contribution in [0.4, 0.5) is 9.59 Å². The maximum absolute atomic E-state index is 12.0. The molecule has 1 atom stereocenters. The summed E-state index contributed by atoms with van der Waals surface area (Å²) in [5.74, 6) is 0. The maximum Gasteiger partial charge on any atom is 0.407 e. The van der Waals surface area contributed by atoms with E-state index in [4.69, 9.17) is 24.9 Å². The number of nitrogens with one attached hydrogen (secondary N) is 1. The molecule has 3 N–H and O–H groups in total. The zero-order valence-electron chi connectivity index (χ0n) is 23.8. The van der Waals surface area contributed by atoms with Crippen molar-refractivity contribution in [3.05, 3.63) is 0 Å². The number of carbonyl (C=O) groups is 2. The summed E-state index contributed by atoms with van der Waals surface area (Å²) in [6, 6.07) is -0.732. The van der Waals surface area contributed by atoms with Crippen LogP contribution in [0.3, 0.4) is 0 Å². The molecule has 0 spiro atoms. The minimum absolute atomic E-state index is 0.732. The van der Waals surface area contributed by atoms with Gasteiger partial charge in [-0.25, -0.2) is 9.59 Å². The molecule has 18 heavy (non-hydrogen) atoms. The molecule has 0 aromatic rings. The van der Waals surface area contributed by atoms with Gasteiger partial charge in [0, 0.05) is 25.2 Å². The topological polar surface area (TPSA) is 90.7 Å². The number of amides is 2. The highest BCUT2D eigenvalue weighted by Crippen LogP contribution is 2.24. The van der Waals surface area contributed by atoms with Crippen molar-refractivity contribution in [2.75, 3.05) is 13.1 Å². The molecule has 1 unspecified atom stereocenters. The first-order chi connectivity index (χ1) is 13.7. The van der Waals surface area contributed by atoms with Crippen LogP contribution in [0.15, 0.2) is 0 Å². The minimum Gasteiger partial charge on any atom is -0.449 e. The maximum atomic E-state index is 12.0. The number of ether oxygens (including phenoxy) is 2. The van der Waals surface area contributed by atoms with Gasteiger partial charge < -0.3 is 20.5 Å². The lowest BCUT2D eigenvalue weighted by atomic mass is 9.87. The molecule has 106 valence electrons. The van der Waals surface area contributed by atoms with E-state index in [2.05, 4.69) is 9.47 Å². The number of alkyl carbamates (subject to hydrolysis) is 1. The van der Waals surface area contributed by atoms with Crippen molar-refractivity contribution in [3.63, 3.8) is 0 Å². The zero-order valence-corrected chi connectivity index (χ0v) is 9.79. The van der Waals surface area contributed by atoms with Crippen LogP contribution in [0, 0.1) is 5.41 Å². The molecule has 0 aliphatic rings. The molecule has 0 fully saturated rings. The summed E-state index contributed by atoms with van der Waals surface area (Å²) in [5, 5.41) is 1.97. The normalized spacial score (nSPS) is 29.9. The van der Waals surface area contributed by atoms with Crippen molar-refractivity contribution in [3.8, 4) is 0 Å². The molecular formula is C12H24N2O4. The first-order valence-corrected chi connectivity index (χ1v) is 4.71. The quantitative estimate of drug-likeness (QED) is 0.743. The Hall–Kier alpha value is -1.46. The molecule has 0 rings (SSSR count). The Kier molecular flexibility index (Phi) is 1.98. The van der Waals surface area contributed by atoms with Crippen LogP contribution in [0.25, 0.3) is 0 Å². The monoisotopic (exact) mass is 274 g/mol. The van der Waals surface area contributed by atoms with Crippen molar-refractivity contribution >= 4 is 12.2 Å². The third-order valence-corrected chi connectivity index (χ3v) is 1.26. The van der Waals surface area contributed by atoms with Crippen LogP contribution in [-0.4, -0.2) is 31.3 Å². The van der Waals surface area contributed by atoms with E-state index in [0.717, 1.165) is 0 Å². The smallest absolute Gasteiger partial charge is 0.407 e. The standard InChI is InChI=1S/C12H24N2O4/c1-5-6-12(4,7-17-10(13)15)8-18-11(16)14-9(2)3/h9H,5-8H2,1-4H3,(H2,13,15)(H,14,16)/i1D3,4D3,5D2,6D2,7D2,8D2. The second kappa shape index (κ2) is 7.79. The Labute approximate surface area is 128 Å². The summed E-state index contributed by atoms with van der Waals surface area (Å²) in [5.41, 5.74) is 0.0887. The molecule has 6 heteroatoms. The fraction of sp³-hybridized carbons (Fsp3) is 0.833. The van der Waals surface area contributed by atoms with Crippen LogP contribution < -0.4 is 11.1 Å². The van der Waals surface area contributed by atoms with Crippen LogP contribution in [0.5, 0.6) is 0 Å². The summed E-state index contributed by atoms with van der Waals surface area (Å²) in [6.07, 6.45) is -12.7. The van der Waals surface area contributed by atoms with Gasteiger partial charge in [-0.1, -0.05) is 20.1 Å². The first kappa shape index (κ1) is 4.58. The molecule has 0 aromatic carbocycles. The van der Waals surface area contributed by atoms with Gasteiger partial charge in [-0.2, -0.15) is 0 Å². The van der Waals surface area contributed by atoms with Gasteiger partial charge in [-0.15, -0.1) is 0 Å². The SMILES string of the molecule is [2H]C([2H])([2H])C([2H])([2H])C([2H])([2H])C(C([2H])([2H])[2H])(C([2H])([2H])OC(N)=O)C([2H])([2H])OC(=O)NC(C)C. The minimum atomic E-state index is -4.62. The van der Waals surface area contributed by atoms with Crippen molar-refractivity contribution in [2.45, 2.75) is 46.3 Å². The van der Waals surface area contributed by atoms with Gasteiger partial charge in [0.25, 0.3) is 0 Å². The van der Waals surface area contributed by atoms with Gasteiger partial charge in [0.1, 0.15) is 13.1 Å². The largest absolute Gasteiger partial charge is 0.449 e. The van der Waals surface area contributed by atoms with E-state index in [0.29, 0.717) is 0 Å². The van der Waals surface area contributed by atoms with E-state index in [1.807, 2.05) is 5.32 Å². The first-order valence-electron chi connectivity index (χ1n) is 11.7. The molecule has 0 radical (unpaired) electrons. The number of hydrogen-bond donors (Lipinski definition) is 2. The molecule has 0 saturated heterocycles. The summed E-state index contributed by atoms with van der Waals surface area (Å²) >= 11 is 0. The Morgan fingerprint density at radius 2 is 2.11 bits per heavy atom. The summed E-state index contributed by atoms with van der Waals surface area (Å²) in [6.45, 7) is -14.4. The van der Waals surface area contributed by atoms with E-state index in [-0.39, 0.29) is 0 Å². The van der Waals surface area contributed by atoms with Crippen molar-refractivity contribution in [1.82, 2.24) is 5.32 Å². The second-order valence-corrected chi connectivity index (χ2v) is 3.31. The molecule has 0 saturated carbocycles. The van der Waals surface area contributed by atoms with Gasteiger partial charge in [0.2, 0.25) is 0 Å². The summed E-state index contributed by atoms with van der Waals surface area (Å²) in [4.78, 5) is 23.3. The van der Waals surface area contributed by atoms with E-state index >= 15 is 0 Å². The van der Waals surface area contributed by atoms with Gasteiger partial charge in [-0.3, -0.25) is 0 Å². The average molecular weight is 274 g/mol. The molecule has 0 bridgehead atoms. The highest BCUT2D eigenvalue weighted by molar-refractivity contribution is 5.67. The molecule has 2 amide bonds. The number of nitrogens with two attached hydrogens (primary N) is 1. The van der Waals surface area contributed by atoms with Gasteiger partial charge >= 0.3 is 12.2 Å². The molecule has 0 aromatic heterocycles. The lowest BCUT2D eigenvalue weighted by Gasteiger charge is -2.27. The third kappa shape index (κ3) is 7.76. The summed E-state index contributed by atoms with van der Waals surface area (Å²) < 4.78 is 117. The third-order valence-electron chi connectivity index (χ3n) is 1.26. The fourth-order valence-electron chi connectivity index (χ4n) is 0.681. The molecular weight excluding hydrogens is 236 g/mol. The number of primary amides is 1. The predicted molar refractivity (Wildman–Crippen MR) is 68.2 cm³/mol. The fourth-order valence-corrected chi connectivity index (χ4v) is 0.681. The van der Waals surface area contributed by atoms with E-state index in [1.54, 1.807) is 0 Å². The van der Waals surface area contributed by atoms with Crippen LogP contribution in [0.1, 0.15) is 59.5 Å². The predicted octanol–water partition coefficient (Wildman–Crippen LogP) is 2.02. The van der Waals surface area contributed by atoms with E-state index < -0.39 is 63.2 Å². The number of carbonyl (C=O) groups excluding carboxylic acids is 2. The molecule has 6 nitrogen and oxygen atoms in total.